The van der Waals surface area contributed by atoms with Crippen LogP contribution in [0.5, 0.6) is 11.5 Å². The van der Waals surface area contributed by atoms with Crippen LogP contribution in [0.3, 0.4) is 0 Å². The third-order valence-corrected chi connectivity index (χ3v) is 4.50. The second kappa shape index (κ2) is 8.71. The van der Waals surface area contributed by atoms with Crippen LogP contribution in [-0.2, 0) is 10.1 Å². The molecule has 1 aromatic rings. The van der Waals surface area contributed by atoms with Crippen molar-refractivity contribution >= 4 is 21.5 Å². The first kappa shape index (κ1) is 19.2. The van der Waals surface area contributed by atoms with Gasteiger partial charge in [0, 0.05) is 23.1 Å². The molecule has 0 fully saturated rings. The summed E-state index contributed by atoms with van der Waals surface area (Å²) in [5, 5.41) is 3.83. The van der Waals surface area contributed by atoms with Crippen molar-refractivity contribution in [3.8, 4) is 11.5 Å². The summed E-state index contributed by atoms with van der Waals surface area (Å²) < 4.78 is 42.8. The number of hydrogen-bond donors (Lipinski definition) is 0. The monoisotopic (exact) mass is 343 g/mol. The summed E-state index contributed by atoms with van der Waals surface area (Å²) in [5.41, 5.74) is 0. The molecule has 0 radical (unpaired) electrons. The maximum absolute atomic E-state index is 10.5. The molecule has 2 rings (SSSR count). The average molecular weight is 343 g/mol. The fraction of sp³-hybridized carbons (Fsp3) is 0.667. The van der Waals surface area contributed by atoms with Gasteiger partial charge in [-0.1, -0.05) is 0 Å². The maximum atomic E-state index is 10.5. The van der Waals surface area contributed by atoms with Crippen molar-refractivity contribution in [2.24, 2.45) is 0 Å². The van der Waals surface area contributed by atoms with Gasteiger partial charge in [0.1, 0.15) is 12.7 Å². The van der Waals surface area contributed by atoms with Gasteiger partial charge in [0.05, 0.1) is 10.1 Å². The fourth-order valence-electron chi connectivity index (χ4n) is 2.05. The molecule has 114 valence electrons. The van der Waals surface area contributed by atoms with Crippen LogP contribution in [0.2, 0.25) is 0 Å². The molecular weight excluding hydrogens is 325 g/mol. The molecule has 0 N–H and O–H groups in total. The van der Waals surface area contributed by atoms with E-state index in [2.05, 4.69) is 4.90 Å². The van der Waals surface area contributed by atoms with Crippen molar-refractivity contribution in [2.75, 3.05) is 32.5 Å². The molecule has 21 heavy (non-hydrogen) atoms. The van der Waals surface area contributed by atoms with Gasteiger partial charge in [-0.25, -0.2) is 8.42 Å². The van der Waals surface area contributed by atoms with Crippen LogP contribution in [0, 0.1) is 0 Å². The molecule has 9 heteroatoms. The predicted octanol–water partition coefficient (Wildman–Crippen LogP) is -1.85. The van der Waals surface area contributed by atoms with Crippen molar-refractivity contribution < 1.29 is 52.0 Å². The van der Waals surface area contributed by atoms with E-state index in [4.69, 9.17) is 9.47 Å². The van der Waals surface area contributed by atoms with Crippen LogP contribution >= 0.6 is 11.3 Å². The minimum atomic E-state index is -4.09. The Balaban J connectivity index is 0.00000220. The average Bonchev–Trinajstić information content (AvgIpc) is 2.81. The molecule has 0 saturated carbocycles. The number of likely N-dealkylation sites (N-methyl/N-ethyl adjacent to an activating group) is 1. The number of ether oxygens (including phenoxy) is 2. The van der Waals surface area contributed by atoms with Crippen LogP contribution in [0.4, 0.5) is 0 Å². The second-order valence-electron chi connectivity index (χ2n) is 4.88. The van der Waals surface area contributed by atoms with Crippen molar-refractivity contribution in [1.29, 1.82) is 0 Å². The summed E-state index contributed by atoms with van der Waals surface area (Å²) in [5.74, 6) is 1.30. The Bertz CT molecular complexity index is 534. The number of thiophene rings is 1. The van der Waals surface area contributed by atoms with E-state index in [0.29, 0.717) is 26.0 Å². The Hall–Kier alpha value is 0.170. The number of nitrogens with zero attached hydrogens (tertiary/aromatic N) is 1. The van der Waals surface area contributed by atoms with E-state index in [0.717, 1.165) is 18.0 Å². The van der Waals surface area contributed by atoms with E-state index in [9.17, 15) is 13.0 Å². The van der Waals surface area contributed by atoms with E-state index < -0.39 is 10.1 Å². The molecule has 0 bridgehead atoms. The first-order valence-electron chi connectivity index (χ1n) is 6.42. The summed E-state index contributed by atoms with van der Waals surface area (Å²) in [6.07, 6.45) is 1.05. The van der Waals surface area contributed by atoms with Gasteiger partial charge in [-0.05, 0) is 26.4 Å². The molecule has 0 spiro atoms. The molecule has 2 heterocycles. The molecule has 1 aliphatic rings. The molecule has 0 aromatic carbocycles. The summed E-state index contributed by atoms with van der Waals surface area (Å²) >= 11 is 1.55. The molecule has 1 aliphatic heterocycles. The Kier molecular flexibility index (Phi) is 7.97. The standard InChI is InChI=1S/C12H19NO5S2.Na/c1-13(4-2-3-5-20(14,15)16)6-10-7-17-11-8-19-9-12(11)18-10;/h8-10H,2-7H2,1H3,(H,14,15,16);/q;+1/p-1. The number of fused-ring (bicyclic) bond motifs is 1. The van der Waals surface area contributed by atoms with E-state index in [1.54, 1.807) is 11.3 Å². The molecule has 0 amide bonds. The Morgan fingerprint density at radius 2 is 2.10 bits per heavy atom. The van der Waals surface area contributed by atoms with E-state index in [1.165, 1.54) is 0 Å². The molecular formula is C12H18NNaO5S2. The topological polar surface area (TPSA) is 78.9 Å². The van der Waals surface area contributed by atoms with Gasteiger partial charge in [0.15, 0.2) is 11.5 Å². The van der Waals surface area contributed by atoms with Gasteiger partial charge in [-0.3, -0.25) is 0 Å². The summed E-state index contributed by atoms with van der Waals surface area (Å²) in [6.45, 7) is 1.95. The van der Waals surface area contributed by atoms with Crippen LogP contribution in [-0.4, -0.2) is 56.5 Å². The van der Waals surface area contributed by atoms with Crippen molar-refractivity contribution in [3.63, 3.8) is 0 Å². The molecule has 6 nitrogen and oxygen atoms in total. The third-order valence-electron chi connectivity index (χ3n) is 3.01. The normalized spacial score (nSPS) is 17.6. The zero-order chi connectivity index (χ0) is 14.6. The SMILES string of the molecule is CN(CCCCS(=O)(=O)[O-])CC1COc2cscc2O1.[Na+]. The molecule has 1 unspecified atom stereocenters. The number of hydrogen-bond acceptors (Lipinski definition) is 7. The van der Waals surface area contributed by atoms with Crippen LogP contribution < -0.4 is 39.0 Å². The smallest absolute Gasteiger partial charge is 0.748 e. The Morgan fingerprint density at radius 1 is 1.38 bits per heavy atom. The Morgan fingerprint density at radius 3 is 2.81 bits per heavy atom. The van der Waals surface area contributed by atoms with Gasteiger partial charge in [0.25, 0.3) is 0 Å². The largest absolute Gasteiger partial charge is 1.00 e. The van der Waals surface area contributed by atoms with Crippen LogP contribution in [0.15, 0.2) is 10.8 Å². The first-order chi connectivity index (χ1) is 9.44. The van der Waals surface area contributed by atoms with Crippen molar-refractivity contribution in [2.45, 2.75) is 18.9 Å². The Labute approximate surface area is 151 Å². The molecule has 0 saturated heterocycles. The van der Waals surface area contributed by atoms with Crippen LogP contribution in [0.25, 0.3) is 0 Å². The van der Waals surface area contributed by atoms with Gasteiger partial charge < -0.3 is 18.9 Å². The zero-order valence-corrected chi connectivity index (χ0v) is 15.9. The summed E-state index contributed by atoms with van der Waals surface area (Å²) in [4.78, 5) is 2.06. The molecule has 1 aromatic heterocycles. The van der Waals surface area contributed by atoms with Crippen LogP contribution in [0.1, 0.15) is 12.8 Å². The number of unbranched alkanes of at least 4 members (excludes halogenated alkanes) is 1. The van der Waals surface area contributed by atoms with E-state index in [1.807, 2.05) is 17.8 Å². The molecule has 1 atom stereocenters. The van der Waals surface area contributed by atoms with Gasteiger partial charge >= 0.3 is 29.6 Å². The van der Waals surface area contributed by atoms with Crippen molar-refractivity contribution in [3.05, 3.63) is 10.8 Å². The quantitative estimate of drug-likeness (QED) is 0.329. The first-order valence-corrected chi connectivity index (χ1v) is 8.94. The van der Waals surface area contributed by atoms with Gasteiger partial charge in [-0.2, -0.15) is 0 Å². The summed E-state index contributed by atoms with van der Waals surface area (Å²) in [6, 6.07) is 0. The number of rotatable bonds is 7. The third kappa shape index (κ3) is 6.85. The summed E-state index contributed by atoms with van der Waals surface area (Å²) in [7, 11) is -2.15. The predicted molar refractivity (Wildman–Crippen MR) is 75.5 cm³/mol. The van der Waals surface area contributed by atoms with E-state index >= 15 is 0 Å². The minimum Gasteiger partial charge on any atom is -0.748 e. The second-order valence-corrected chi connectivity index (χ2v) is 7.15. The molecule has 0 aliphatic carbocycles. The maximum Gasteiger partial charge on any atom is 1.00 e. The van der Waals surface area contributed by atoms with Crippen molar-refractivity contribution in [1.82, 2.24) is 4.90 Å². The minimum absolute atomic E-state index is 0. The van der Waals surface area contributed by atoms with Gasteiger partial charge in [0.2, 0.25) is 0 Å². The zero-order valence-electron chi connectivity index (χ0n) is 12.3. The van der Waals surface area contributed by atoms with Gasteiger partial charge in [-0.15, -0.1) is 11.3 Å². The fourth-order valence-corrected chi connectivity index (χ4v) is 3.28. The van der Waals surface area contributed by atoms with E-state index in [-0.39, 0.29) is 41.4 Å².